The smallest absolute Gasteiger partial charge is 0.140 e. The van der Waals surface area contributed by atoms with Crippen LogP contribution in [0.2, 0.25) is 0 Å². The van der Waals surface area contributed by atoms with Gasteiger partial charge < -0.3 is 10.1 Å². The molecule has 2 atom stereocenters. The van der Waals surface area contributed by atoms with E-state index >= 15 is 0 Å². The predicted molar refractivity (Wildman–Crippen MR) is 73.9 cm³/mol. The molecule has 1 N–H and O–H groups in total. The zero-order valence-electron chi connectivity index (χ0n) is 11.0. The molecule has 3 saturated heterocycles. The number of ether oxygens (including phenoxy) is 1. The highest BCUT2D eigenvalue weighted by molar-refractivity contribution is 7.99. The van der Waals surface area contributed by atoms with Crippen LogP contribution in [0.3, 0.4) is 0 Å². The third kappa shape index (κ3) is 2.61. The van der Waals surface area contributed by atoms with Crippen molar-refractivity contribution in [3.05, 3.63) is 0 Å². The summed E-state index contributed by atoms with van der Waals surface area (Å²) in [6.45, 7) is 2.71. The van der Waals surface area contributed by atoms with E-state index in [4.69, 9.17) is 4.74 Å². The molecule has 0 aromatic carbocycles. The van der Waals surface area contributed by atoms with E-state index < -0.39 is 0 Å². The molecule has 3 rings (SSSR count). The average Bonchev–Trinajstić information content (AvgIpc) is 2.93. The third-order valence-corrected chi connectivity index (χ3v) is 5.75. The summed E-state index contributed by atoms with van der Waals surface area (Å²) in [5.41, 5.74) is 0.0514. The topological polar surface area (TPSA) is 38.3 Å². The van der Waals surface area contributed by atoms with E-state index in [1.54, 1.807) is 0 Å². The van der Waals surface area contributed by atoms with Crippen molar-refractivity contribution in [3.8, 4) is 0 Å². The van der Waals surface area contributed by atoms with Gasteiger partial charge in [-0.3, -0.25) is 4.79 Å². The summed E-state index contributed by atoms with van der Waals surface area (Å²) in [6, 6.07) is 0. The largest absolute Gasteiger partial charge is 0.375 e. The molecule has 0 saturated carbocycles. The van der Waals surface area contributed by atoms with Crippen molar-refractivity contribution in [3.63, 3.8) is 0 Å². The van der Waals surface area contributed by atoms with Crippen LogP contribution in [0.5, 0.6) is 0 Å². The molecule has 3 nitrogen and oxygen atoms in total. The van der Waals surface area contributed by atoms with Crippen molar-refractivity contribution in [1.29, 1.82) is 0 Å². The Morgan fingerprint density at radius 3 is 2.78 bits per heavy atom. The molecule has 0 aliphatic carbocycles. The molecular formula is C14H23NO2S. The highest BCUT2D eigenvalue weighted by Gasteiger charge is 2.42. The van der Waals surface area contributed by atoms with Crippen LogP contribution in [0.1, 0.15) is 32.1 Å². The molecule has 1 spiro atoms. The normalized spacial score (nSPS) is 35.8. The molecule has 18 heavy (non-hydrogen) atoms. The van der Waals surface area contributed by atoms with E-state index in [9.17, 15) is 4.79 Å². The second-order valence-electron chi connectivity index (χ2n) is 5.93. The zero-order valence-corrected chi connectivity index (χ0v) is 11.8. The first kappa shape index (κ1) is 12.9. The van der Waals surface area contributed by atoms with E-state index in [-0.39, 0.29) is 17.4 Å². The van der Waals surface area contributed by atoms with Gasteiger partial charge in [0.15, 0.2) is 0 Å². The van der Waals surface area contributed by atoms with E-state index in [1.165, 1.54) is 11.5 Å². The maximum Gasteiger partial charge on any atom is 0.140 e. The molecule has 2 unspecified atom stereocenters. The van der Waals surface area contributed by atoms with Crippen molar-refractivity contribution >= 4 is 17.5 Å². The van der Waals surface area contributed by atoms with E-state index in [1.807, 2.05) is 11.8 Å². The zero-order chi connectivity index (χ0) is 12.4. The average molecular weight is 269 g/mol. The maximum absolute atomic E-state index is 12.5. The summed E-state index contributed by atoms with van der Waals surface area (Å²) in [4.78, 5) is 12.5. The summed E-state index contributed by atoms with van der Waals surface area (Å²) < 4.78 is 6.07. The number of thioether (sulfide) groups is 1. The van der Waals surface area contributed by atoms with Crippen molar-refractivity contribution in [2.45, 2.75) is 37.7 Å². The highest BCUT2D eigenvalue weighted by atomic mass is 32.2. The third-order valence-electron chi connectivity index (χ3n) is 4.76. The van der Waals surface area contributed by atoms with Crippen molar-refractivity contribution in [2.24, 2.45) is 11.8 Å². The lowest BCUT2D eigenvalue weighted by atomic mass is 9.77. The van der Waals surface area contributed by atoms with Gasteiger partial charge in [-0.25, -0.2) is 0 Å². The molecule has 3 heterocycles. The molecule has 3 aliphatic heterocycles. The molecule has 0 bridgehead atoms. The Hall–Kier alpha value is -0.0600. The quantitative estimate of drug-likeness (QED) is 0.830. The van der Waals surface area contributed by atoms with E-state index in [2.05, 4.69) is 5.32 Å². The Morgan fingerprint density at radius 2 is 2.06 bits per heavy atom. The lowest BCUT2D eigenvalue weighted by Crippen LogP contribution is -2.45. The fourth-order valence-electron chi connectivity index (χ4n) is 3.59. The molecule has 0 amide bonds. The molecule has 0 aromatic rings. The van der Waals surface area contributed by atoms with Gasteiger partial charge in [-0.05, 0) is 50.2 Å². The van der Waals surface area contributed by atoms with Crippen LogP contribution in [0.4, 0.5) is 0 Å². The Bertz CT molecular complexity index is 303. The number of nitrogens with one attached hydrogen (secondary N) is 1. The van der Waals surface area contributed by atoms with Crippen LogP contribution >= 0.6 is 11.8 Å². The Morgan fingerprint density at radius 1 is 1.22 bits per heavy atom. The number of hydrogen-bond donors (Lipinski definition) is 1. The molecular weight excluding hydrogens is 246 g/mol. The number of Topliss-reactive ketones (excluding diaryl/α,β-unsaturated/α-hetero) is 1. The van der Waals surface area contributed by atoms with E-state index in [0.29, 0.717) is 5.78 Å². The summed E-state index contributed by atoms with van der Waals surface area (Å²) in [6.07, 6.45) is 5.26. The summed E-state index contributed by atoms with van der Waals surface area (Å²) in [5, 5.41) is 3.31. The van der Waals surface area contributed by atoms with Crippen LogP contribution in [0, 0.1) is 11.8 Å². The maximum atomic E-state index is 12.5. The minimum atomic E-state index is 0.0514. The fourth-order valence-corrected chi connectivity index (χ4v) is 4.83. The van der Waals surface area contributed by atoms with Crippen LogP contribution in [0.15, 0.2) is 0 Å². The molecule has 0 aromatic heterocycles. The van der Waals surface area contributed by atoms with Crippen LogP contribution in [-0.2, 0) is 9.53 Å². The summed E-state index contributed by atoms with van der Waals surface area (Å²) in [7, 11) is 0. The number of hydrogen-bond acceptors (Lipinski definition) is 4. The minimum Gasteiger partial charge on any atom is -0.375 e. The van der Waals surface area contributed by atoms with Crippen LogP contribution < -0.4 is 5.32 Å². The van der Waals surface area contributed by atoms with Gasteiger partial charge in [0.2, 0.25) is 0 Å². The first-order valence-corrected chi connectivity index (χ1v) is 8.41. The van der Waals surface area contributed by atoms with Gasteiger partial charge >= 0.3 is 0 Å². The predicted octanol–water partition coefficient (Wildman–Crippen LogP) is 1.86. The summed E-state index contributed by atoms with van der Waals surface area (Å²) >= 11 is 2.02. The highest BCUT2D eigenvalue weighted by Crippen LogP contribution is 2.40. The lowest BCUT2D eigenvalue weighted by Gasteiger charge is -2.43. The number of ketones is 1. The van der Waals surface area contributed by atoms with Gasteiger partial charge in [0.1, 0.15) is 5.78 Å². The van der Waals surface area contributed by atoms with Gasteiger partial charge in [-0.1, -0.05) is 0 Å². The standard InChI is InChI=1S/C14H23NO2S/c16-13(12-1-5-15-10-12)11-2-6-17-14(9-11)3-7-18-8-4-14/h11-12,15H,1-10H2. The van der Waals surface area contributed by atoms with Crippen LogP contribution in [-0.4, -0.2) is 42.6 Å². The second kappa shape index (κ2) is 5.51. The van der Waals surface area contributed by atoms with Gasteiger partial charge in [0.05, 0.1) is 5.60 Å². The van der Waals surface area contributed by atoms with Crippen molar-refractivity contribution in [2.75, 3.05) is 31.2 Å². The number of carbonyl (C=O) groups is 1. The second-order valence-corrected chi connectivity index (χ2v) is 7.15. The monoisotopic (exact) mass is 269 g/mol. The van der Waals surface area contributed by atoms with Gasteiger partial charge in [-0.15, -0.1) is 0 Å². The molecule has 0 radical (unpaired) electrons. The molecule has 3 aliphatic rings. The first-order chi connectivity index (χ1) is 8.79. The van der Waals surface area contributed by atoms with Gasteiger partial charge in [0.25, 0.3) is 0 Å². The number of carbonyl (C=O) groups excluding carboxylic acids is 1. The Kier molecular flexibility index (Phi) is 3.97. The molecule has 4 heteroatoms. The fraction of sp³-hybridized carbons (Fsp3) is 0.929. The SMILES string of the molecule is O=C(C1CCNC1)C1CCOC2(CCSCC2)C1. The van der Waals surface area contributed by atoms with Crippen molar-refractivity contribution in [1.82, 2.24) is 5.32 Å². The molecule has 3 fully saturated rings. The number of rotatable bonds is 2. The minimum absolute atomic E-state index is 0.0514. The summed E-state index contributed by atoms with van der Waals surface area (Å²) in [5.74, 6) is 3.47. The van der Waals surface area contributed by atoms with Crippen LogP contribution in [0.25, 0.3) is 0 Å². The lowest BCUT2D eigenvalue weighted by molar-refractivity contribution is -0.141. The van der Waals surface area contributed by atoms with Gasteiger partial charge in [0, 0.05) is 25.0 Å². The first-order valence-electron chi connectivity index (χ1n) is 7.25. The van der Waals surface area contributed by atoms with E-state index in [0.717, 1.165) is 51.8 Å². The Labute approximate surface area is 113 Å². The van der Waals surface area contributed by atoms with Gasteiger partial charge in [-0.2, -0.15) is 11.8 Å². The molecule has 102 valence electrons. The van der Waals surface area contributed by atoms with Crippen molar-refractivity contribution < 1.29 is 9.53 Å². The Balaban J connectivity index is 1.64.